The lowest BCUT2D eigenvalue weighted by molar-refractivity contribution is 0.400. The van der Waals surface area contributed by atoms with Gasteiger partial charge in [0.1, 0.15) is 0 Å². The van der Waals surface area contributed by atoms with E-state index in [1.807, 2.05) is 11.1 Å². The van der Waals surface area contributed by atoms with Crippen molar-refractivity contribution in [2.45, 2.75) is 51.9 Å². The molecule has 0 amide bonds. The van der Waals surface area contributed by atoms with Crippen LogP contribution >= 0.6 is 0 Å². The largest absolute Gasteiger partial charge is 0.316 e. The van der Waals surface area contributed by atoms with Gasteiger partial charge in [0.25, 0.3) is 0 Å². The van der Waals surface area contributed by atoms with Gasteiger partial charge in [0.15, 0.2) is 0 Å². The van der Waals surface area contributed by atoms with E-state index in [9.17, 15) is 0 Å². The maximum atomic E-state index is 3.44. The average molecular weight is 193 g/mol. The number of allylic oxidation sites excluding steroid dienone is 1. The molecule has 2 fully saturated rings. The molecule has 2 aliphatic rings. The summed E-state index contributed by atoms with van der Waals surface area (Å²) in [5.74, 6) is 1.00. The Labute approximate surface area is 88.0 Å². The second-order valence-electron chi connectivity index (χ2n) is 4.83. The van der Waals surface area contributed by atoms with Gasteiger partial charge < -0.3 is 5.32 Å². The van der Waals surface area contributed by atoms with E-state index in [2.05, 4.69) is 12.2 Å². The Morgan fingerprint density at radius 1 is 1.14 bits per heavy atom. The van der Waals surface area contributed by atoms with Crippen LogP contribution in [0.25, 0.3) is 0 Å². The average Bonchev–Trinajstić information content (AvgIpc) is 2.30. The molecule has 0 spiro atoms. The van der Waals surface area contributed by atoms with Crippen molar-refractivity contribution in [3.05, 3.63) is 11.1 Å². The van der Waals surface area contributed by atoms with Gasteiger partial charge in [0.2, 0.25) is 0 Å². The van der Waals surface area contributed by atoms with Gasteiger partial charge in [-0.05, 0) is 57.5 Å². The van der Waals surface area contributed by atoms with Crippen LogP contribution in [0.2, 0.25) is 0 Å². The molecular weight excluding hydrogens is 170 g/mol. The highest BCUT2D eigenvalue weighted by Gasteiger charge is 2.18. The Hall–Kier alpha value is -0.300. The second-order valence-corrected chi connectivity index (χ2v) is 4.83. The third-order valence-electron chi connectivity index (χ3n) is 3.91. The minimum Gasteiger partial charge on any atom is -0.316 e. The number of hydrogen-bond donors (Lipinski definition) is 1. The zero-order chi connectivity index (χ0) is 9.80. The van der Waals surface area contributed by atoms with Crippen LogP contribution in [0.5, 0.6) is 0 Å². The number of hydrogen-bond acceptors (Lipinski definition) is 1. The van der Waals surface area contributed by atoms with Crippen molar-refractivity contribution >= 4 is 0 Å². The minimum atomic E-state index is 1.00. The minimum absolute atomic E-state index is 1.00. The molecule has 1 heteroatoms. The lowest BCUT2D eigenvalue weighted by atomic mass is 9.80. The van der Waals surface area contributed by atoms with Crippen LogP contribution in [0.3, 0.4) is 0 Å². The Balaban J connectivity index is 2.00. The SMILES string of the molecule is CCC1CCCC(=C2CCNCC2)C1. The second kappa shape index (κ2) is 4.97. The molecule has 1 unspecified atom stereocenters. The Morgan fingerprint density at radius 3 is 2.64 bits per heavy atom. The standard InChI is InChI=1S/C13H23N/c1-2-11-4-3-5-13(10-11)12-6-8-14-9-7-12/h11,14H,2-10H2,1H3. The fourth-order valence-corrected chi connectivity index (χ4v) is 2.91. The normalized spacial score (nSPS) is 29.4. The van der Waals surface area contributed by atoms with E-state index in [-0.39, 0.29) is 0 Å². The Bertz CT molecular complexity index is 209. The molecule has 0 radical (unpaired) electrons. The predicted molar refractivity (Wildman–Crippen MR) is 61.4 cm³/mol. The van der Waals surface area contributed by atoms with E-state index < -0.39 is 0 Å². The molecule has 14 heavy (non-hydrogen) atoms. The van der Waals surface area contributed by atoms with Crippen LogP contribution in [0.15, 0.2) is 11.1 Å². The van der Waals surface area contributed by atoms with Crippen molar-refractivity contribution < 1.29 is 0 Å². The fraction of sp³-hybridized carbons (Fsp3) is 0.846. The quantitative estimate of drug-likeness (QED) is 0.630. The monoisotopic (exact) mass is 193 g/mol. The molecule has 1 atom stereocenters. The summed E-state index contributed by atoms with van der Waals surface area (Å²) in [7, 11) is 0. The van der Waals surface area contributed by atoms with Gasteiger partial charge >= 0.3 is 0 Å². The summed E-state index contributed by atoms with van der Waals surface area (Å²) in [4.78, 5) is 0. The van der Waals surface area contributed by atoms with Crippen LogP contribution in [-0.2, 0) is 0 Å². The maximum absolute atomic E-state index is 3.44. The molecule has 0 aromatic heterocycles. The molecule has 0 bridgehead atoms. The highest BCUT2D eigenvalue weighted by molar-refractivity contribution is 5.18. The zero-order valence-corrected chi connectivity index (χ0v) is 9.44. The molecular formula is C13H23N. The molecule has 1 N–H and O–H groups in total. The first-order valence-corrected chi connectivity index (χ1v) is 6.30. The number of nitrogens with one attached hydrogen (secondary N) is 1. The molecule has 1 heterocycles. The maximum Gasteiger partial charge on any atom is -0.00114 e. The van der Waals surface area contributed by atoms with Gasteiger partial charge in [0.05, 0.1) is 0 Å². The van der Waals surface area contributed by atoms with Gasteiger partial charge in [-0.3, -0.25) is 0 Å². The molecule has 80 valence electrons. The van der Waals surface area contributed by atoms with E-state index in [0.29, 0.717) is 0 Å². The first-order valence-electron chi connectivity index (χ1n) is 6.30. The summed E-state index contributed by atoms with van der Waals surface area (Å²) in [6.45, 7) is 4.78. The van der Waals surface area contributed by atoms with Crippen molar-refractivity contribution in [1.82, 2.24) is 5.32 Å². The van der Waals surface area contributed by atoms with E-state index in [0.717, 1.165) is 5.92 Å². The lowest BCUT2D eigenvalue weighted by Gasteiger charge is -2.27. The molecule has 1 aliphatic heterocycles. The number of piperidine rings is 1. The molecule has 1 aliphatic carbocycles. The topological polar surface area (TPSA) is 12.0 Å². The van der Waals surface area contributed by atoms with Crippen molar-refractivity contribution in [3.8, 4) is 0 Å². The van der Waals surface area contributed by atoms with E-state index in [4.69, 9.17) is 0 Å². The van der Waals surface area contributed by atoms with E-state index >= 15 is 0 Å². The van der Waals surface area contributed by atoms with Crippen LogP contribution < -0.4 is 5.32 Å². The summed E-state index contributed by atoms with van der Waals surface area (Å²) >= 11 is 0. The van der Waals surface area contributed by atoms with Crippen molar-refractivity contribution in [1.29, 1.82) is 0 Å². The number of rotatable bonds is 1. The van der Waals surface area contributed by atoms with Gasteiger partial charge in [0, 0.05) is 0 Å². The fourth-order valence-electron chi connectivity index (χ4n) is 2.91. The lowest BCUT2D eigenvalue weighted by Crippen LogP contribution is -2.24. The summed E-state index contributed by atoms with van der Waals surface area (Å²) in [5.41, 5.74) is 3.64. The highest BCUT2D eigenvalue weighted by atomic mass is 14.9. The first kappa shape index (κ1) is 10.2. The highest BCUT2D eigenvalue weighted by Crippen LogP contribution is 2.34. The molecule has 2 rings (SSSR count). The van der Waals surface area contributed by atoms with Crippen LogP contribution in [-0.4, -0.2) is 13.1 Å². The van der Waals surface area contributed by atoms with E-state index in [1.165, 1.54) is 58.0 Å². The van der Waals surface area contributed by atoms with Crippen LogP contribution in [0.4, 0.5) is 0 Å². The Kier molecular flexibility index (Phi) is 3.63. The van der Waals surface area contributed by atoms with Gasteiger partial charge in [-0.2, -0.15) is 0 Å². The zero-order valence-electron chi connectivity index (χ0n) is 9.44. The summed E-state index contributed by atoms with van der Waals surface area (Å²) in [6, 6.07) is 0. The smallest absolute Gasteiger partial charge is 0.00114 e. The van der Waals surface area contributed by atoms with Crippen LogP contribution in [0, 0.1) is 5.92 Å². The Morgan fingerprint density at radius 2 is 1.93 bits per heavy atom. The summed E-state index contributed by atoms with van der Waals surface area (Å²) in [5, 5.41) is 3.44. The molecule has 1 saturated carbocycles. The summed E-state index contributed by atoms with van der Waals surface area (Å²) < 4.78 is 0. The third-order valence-corrected chi connectivity index (χ3v) is 3.91. The summed E-state index contributed by atoms with van der Waals surface area (Å²) in [6.07, 6.45) is 9.79. The molecule has 0 aromatic rings. The predicted octanol–water partition coefficient (Wildman–Crippen LogP) is 3.27. The molecule has 1 saturated heterocycles. The van der Waals surface area contributed by atoms with Crippen molar-refractivity contribution in [2.75, 3.05) is 13.1 Å². The van der Waals surface area contributed by atoms with Gasteiger partial charge in [-0.25, -0.2) is 0 Å². The van der Waals surface area contributed by atoms with Crippen LogP contribution in [0.1, 0.15) is 51.9 Å². The molecule has 1 nitrogen and oxygen atoms in total. The molecule has 0 aromatic carbocycles. The van der Waals surface area contributed by atoms with Crippen molar-refractivity contribution in [3.63, 3.8) is 0 Å². The van der Waals surface area contributed by atoms with Crippen molar-refractivity contribution in [2.24, 2.45) is 5.92 Å². The first-order chi connectivity index (χ1) is 6.90. The van der Waals surface area contributed by atoms with E-state index in [1.54, 1.807) is 0 Å². The van der Waals surface area contributed by atoms with Gasteiger partial charge in [-0.15, -0.1) is 0 Å². The third kappa shape index (κ3) is 2.38. The van der Waals surface area contributed by atoms with Gasteiger partial charge in [-0.1, -0.05) is 24.5 Å².